The van der Waals surface area contributed by atoms with Crippen molar-refractivity contribution in [2.24, 2.45) is 0 Å². The minimum atomic E-state index is -0.674. The summed E-state index contributed by atoms with van der Waals surface area (Å²) in [7, 11) is 0. The van der Waals surface area contributed by atoms with Crippen molar-refractivity contribution in [3.8, 4) is 50.9 Å². The molecule has 52 heavy (non-hydrogen) atoms. The predicted octanol–water partition coefficient (Wildman–Crippen LogP) is 12.7. The number of hydrogen-bond acceptors (Lipinski definition) is 2. The van der Waals surface area contributed by atoms with Crippen molar-refractivity contribution in [2.45, 2.75) is 5.41 Å². The molecule has 0 unspecified atom stereocenters. The second-order valence-electron chi connectivity index (χ2n) is 13.7. The minimum Gasteiger partial charge on any atom is -0.457 e. The number of hydrogen-bond donors (Lipinski definition) is 0. The van der Waals surface area contributed by atoms with Gasteiger partial charge in [-0.05, 0) is 82.9 Å². The first-order chi connectivity index (χ1) is 25.8. The maximum atomic E-state index is 6.92. The van der Waals surface area contributed by atoms with Crippen molar-refractivity contribution in [1.29, 1.82) is 0 Å². The van der Waals surface area contributed by atoms with Gasteiger partial charge in [-0.3, -0.25) is 0 Å². The molecule has 3 nitrogen and oxygen atoms in total. The van der Waals surface area contributed by atoms with Gasteiger partial charge in [0.05, 0.1) is 16.4 Å². The van der Waals surface area contributed by atoms with Crippen molar-refractivity contribution < 1.29 is 9.47 Å². The largest absolute Gasteiger partial charge is 0.457 e. The molecule has 244 valence electrons. The van der Waals surface area contributed by atoms with Crippen LogP contribution >= 0.6 is 0 Å². The lowest BCUT2D eigenvalue weighted by molar-refractivity contribution is 0.399. The SMILES string of the molecule is c1ccc(-c2ccc3c(c2)Oc2ccc(-c4ccc5c(c4)c4ccccc4n5-c4ccccc4)cc2C32c3ccccc3Oc3ccccc32)cc1. The molecule has 0 aliphatic carbocycles. The van der Waals surface area contributed by atoms with Crippen molar-refractivity contribution in [3.05, 3.63) is 210 Å². The number of para-hydroxylation sites is 4. The van der Waals surface area contributed by atoms with Crippen LogP contribution < -0.4 is 9.47 Å². The first-order valence-corrected chi connectivity index (χ1v) is 17.8. The van der Waals surface area contributed by atoms with E-state index in [1.165, 1.54) is 21.8 Å². The zero-order chi connectivity index (χ0) is 34.2. The second kappa shape index (κ2) is 11.1. The topological polar surface area (TPSA) is 23.4 Å². The zero-order valence-corrected chi connectivity index (χ0v) is 28.2. The Kier molecular flexibility index (Phi) is 6.17. The Morgan fingerprint density at radius 1 is 0.327 bits per heavy atom. The van der Waals surface area contributed by atoms with Crippen LogP contribution in [0.3, 0.4) is 0 Å². The number of aromatic nitrogens is 1. The third-order valence-electron chi connectivity index (χ3n) is 10.9. The van der Waals surface area contributed by atoms with Gasteiger partial charge >= 0.3 is 0 Å². The molecule has 3 heterocycles. The number of benzene rings is 8. The fourth-order valence-electron chi connectivity index (χ4n) is 8.66. The Morgan fingerprint density at radius 3 is 1.65 bits per heavy atom. The molecule has 0 radical (unpaired) electrons. The van der Waals surface area contributed by atoms with Gasteiger partial charge in [0.15, 0.2) is 0 Å². The average molecular weight is 666 g/mol. The lowest BCUT2D eigenvalue weighted by atomic mass is 9.62. The van der Waals surface area contributed by atoms with Gasteiger partial charge in [-0.2, -0.15) is 0 Å². The highest BCUT2D eigenvalue weighted by Gasteiger charge is 2.50. The third kappa shape index (κ3) is 4.08. The van der Waals surface area contributed by atoms with Gasteiger partial charge in [-0.1, -0.05) is 127 Å². The summed E-state index contributed by atoms with van der Waals surface area (Å²) in [4.78, 5) is 0. The highest BCUT2D eigenvalue weighted by atomic mass is 16.5. The van der Waals surface area contributed by atoms with Crippen LogP contribution in [-0.2, 0) is 5.41 Å². The Hall–Kier alpha value is -6.84. The van der Waals surface area contributed by atoms with Gasteiger partial charge in [-0.15, -0.1) is 0 Å². The van der Waals surface area contributed by atoms with E-state index in [4.69, 9.17) is 9.47 Å². The molecule has 3 heteroatoms. The zero-order valence-electron chi connectivity index (χ0n) is 28.2. The molecule has 8 aromatic carbocycles. The standard InChI is InChI=1S/C49H31NO2/c1-3-13-32(14-4-1)35-23-26-41-48(31-35)52-47-28-25-34(30-42(47)49(41)39-18-8-11-21-45(39)51-46-22-12-9-19-40(46)49)33-24-27-44-38(29-33)37-17-7-10-20-43(37)50(44)36-15-5-2-6-16-36/h1-31H. The van der Waals surface area contributed by atoms with E-state index in [0.717, 1.165) is 73.2 Å². The Bertz CT molecular complexity index is 2810. The molecule has 0 fully saturated rings. The molecule has 0 saturated carbocycles. The van der Waals surface area contributed by atoms with Gasteiger partial charge in [0.25, 0.3) is 0 Å². The molecule has 0 saturated heterocycles. The van der Waals surface area contributed by atoms with E-state index in [1.807, 2.05) is 0 Å². The van der Waals surface area contributed by atoms with E-state index >= 15 is 0 Å². The molecule has 0 amide bonds. The fraction of sp³-hybridized carbons (Fsp3) is 0.0204. The molecule has 0 N–H and O–H groups in total. The van der Waals surface area contributed by atoms with Gasteiger partial charge in [-0.25, -0.2) is 0 Å². The van der Waals surface area contributed by atoms with E-state index in [0.29, 0.717) is 0 Å². The van der Waals surface area contributed by atoms with E-state index in [9.17, 15) is 0 Å². The molecule has 0 atom stereocenters. The van der Waals surface area contributed by atoms with E-state index < -0.39 is 5.41 Å². The molecule has 2 aliphatic heterocycles. The van der Waals surface area contributed by atoms with Gasteiger partial charge in [0.2, 0.25) is 0 Å². The fourth-order valence-corrected chi connectivity index (χ4v) is 8.66. The lowest BCUT2D eigenvalue weighted by Crippen LogP contribution is -2.36. The van der Waals surface area contributed by atoms with Crippen molar-refractivity contribution in [2.75, 3.05) is 0 Å². The summed E-state index contributed by atoms with van der Waals surface area (Å²) in [5, 5.41) is 2.46. The normalized spacial score (nSPS) is 13.5. The summed E-state index contributed by atoms with van der Waals surface area (Å²) >= 11 is 0. The summed E-state index contributed by atoms with van der Waals surface area (Å²) in [5.74, 6) is 3.40. The first-order valence-electron chi connectivity index (χ1n) is 17.8. The molecule has 1 spiro atoms. The minimum absolute atomic E-state index is 0.674. The van der Waals surface area contributed by atoms with Gasteiger partial charge < -0.3 is 14.0 Å². The Labute approximate surface area is 301 Å². The number of nitrogens with zero attached hydrogens (tertiary/aromatic N) is 1. The maximum Gasteiger partial charge on any atom is 0.132 e. The van der Waals surface area contributed by atoms with E-state index in [2.05, 4.69) is 193 Å². The number of fused-ring (bicyclic) bond motifs is 11. The van der Waals surface area contributed by atoms with Crippen LogP contribution in [0.5, 0.6) is 23.0 Å². The van der Waals surface area contributed by atoms with Gasteiger partial charge in [0.1, 0.15) is 23.0 Å². The predicted molar refractivity (Wildman–Crippen MR) is 210 cm³/mol. The molecule has 1 aromatic heterocycles. The van der Waals surface area contributed by atoms with Crippen LogP contribution in [-0.4, -0.2) is 4.57 Å². The summed E-state index contributed by atoms with van der Waals surface area (Å²) < 4.78 is 15.9. The second-order valence-corrected chi connectivity index (χ2v) is 13.7. The van der Waals surface area contributed by atoms with Crippen LogP contribution in [0.25, 0.3) is 49.7 Å². The molecule has 2 aliphatic rings. The maximum absolute atomic E-state index is 6.92. The van der Waals surface area contributed by atoms with Crippen molar-refractivity contribution in [1.82, 2.24) is 4.57 Å². The van der Waals surface area contributed by atoms with Crippen molar-refractivity contribution >= 4 is 21.8 Å². The number of rotatable bonds is 3. The highest BCUT2D eigenvalue weighted by molar-refractivity contribution is 6.10. The smallest absolute Gasteiger partial charge is 0.132 e. The first kappa shape index (κ1) is 28.9. The summed E-state index contributed by atoms with van der Waals surface area (Å²) in [6.07, 6.45) is 0. The molecule has 11 rings (SSSR count). The molecule has 9 aromatic rings. The van der Waals surface area contributed by atoms with Gasteiger partial charge in [0, 0.05) is 38.7 Å². The number of ether oxygens (including phenoxy) is 2. The Balaban J connectivity index is 1.16. The van der Waals surface area contributed by atoms with Crippen LogP contribution in [0.15, 0.2) is 188 Å². The summed E-state index contributed by atoms with van der Waals surface area (Å²) in [6, 6.07) is 67.0. The van der Waals surface area contributed by atoms with Crippen molar-refractivity contribution in [3.63, 3.8) is 0 Å². The lowest BCUT2D eigenvalue weighted by Gasteiger charge is -2.45. The van der Waals surface area contributed by atoms with Crippen LogP contribution in [0.1, 0.15) is 22.3 Å². The van der Waals surface area contributed by atoms with E-state index in [-0.39, 0.29) is 0 Å². The average Bonchev–Trinajstić information content (AvgIpc) is 3.55. The van der Waals surface area contributed by atoms with Crippen LogP contribution in [0, 0.1) is 0 Å². The van der Waals surface area contributed by atoms with Crippen LogP contribution in [0.2, 0.25) is 0 Å². The third-order valence-corrected chi connectivity index (χ3v) is 10.9. The molecular formula is C49H31NO2. The highest BCUT2D eigenvalue weighted by Crippen LogP contribution is 2.62. The molecular weight excluding hydrogens is 635 g/mol. The quantitative estimate of drug-likeness (QED) is 0.187. The van der Waals surface area contributed by atoms with Crippen LogP contribution in [0.4, 0.5) is 0 Å². The monoisotopic (exact) mass is 665 g/mol. The molecule has 0 bridgehead atoms. The summed E-state index contributed by atoms with van der Waals surface area (Å²) in [6.45, 7) is 0. The Morgan fingerprint density at radius 2 is 0.865 bits per heavy atom. The van der Waals surface area contributed by atoms with E-state index in [1.54, 1.807) is 0 Å². The summed E-state index contributed by atoms with van der Waals surface area (Å²) in [5.41, 5.74) is 11.8.